The maximum atomic E-state index is 12.8. The Kier molecular flexibility index (Phi) is 7.42. The van der Waals surface area contributed by atoms with Crippen LogP contribution in [0.1, 0.15) is 45.2 Å². The van der Waals surface area contributed by atoms with Gasteiger partial charge in [0, 0.05) is 38.5 Å². The molecule has 1 aliphatic heterocycles. The number of nitrogens with zero attached hydrogens (tertiary/aromatic N) is 5. The third-order valence-electron chi connectivity index (χ3n) is 5.90. The number of aliphatic hydroxyl groups excluding tert-OH is 1. The molecule has 1 fully saturated rings. The molecule has 2 aliphatic rings. The zero-order chi connectivity index (χ0) is 20.1. The summed E-state index contributed by atoms with van der Waals surface area (Å²) in [6, 6.07) is -0.190. The van der Waals surface area contributed by atoms with Gasteiger partial charge in [-0.25, -0.2) is 4.68 Å². The first-order chi connectivity index (χ1) is 13.5. The third-order valence-corrected chi connectivity index (χ3v) is 5.90. The number of carbonyl (C=O) groups excluding carboxylic acids is 1. The Hall–Kier alpha value is -1.51. The fourth-order valence-corrected chi connectivity index (χ4v) is 3.87. The van der Waals surface area contributed by atoms with Gasteiger partial charge >= 0.3 is 0 Å². The van der Waals surface area contributed by atoms with E-state index in [2.05, 4.69) is 29.2 Å². The zero-order valence-electron chi connectivity index (χ0n) is 17.5. The summed E-state index contributed by atoms with van der Waals surface area (Å²) in [4.78, 5) is 17.0. The van der Waals surface area contributed by atoms with E-state index >= 15 is 0 Å². The molecule has 1 aliphatic carbocycles. The van der Waals surface area contributed by atoms with E-state index < -0.39 is 0 Å². The molecule has 2 heterocycles. The summed E-state index contributed by atoms with van der Waals surface area (Å²) in [5, 5.41) is 17.8. The van der Waals surface area contributed by atoms with E-state index in [1.165, 1.54) is 12.8 Å². The Morgan fingerprint density at radius 1 is 1.39 bits per heavy atom. The highest BCUT2D eigenvalue weighted by molar-refractivity contribution is 5.76. The summed E-state index contributed by atoms with van der Waals surface area (Å²) in [6.07, 6.45) is 5.55. The number of amides is 1. The topological polar surface area (TPSA) is 83.7 Å². The van der Waals surface area contributed by atoms with E-state index in [0.717, 1.165) is 24.7 Å². The van der Waals surface area contributed by atoms with Crippen LogP contribution in [-0.4, -0.2) is 81.2 Å². The number of aryl methyl sites for hydroxylation is 1. The van der Waals surface area contributed by atoms with Crippen LogP contribution >= 0.6 is 0 Å². The van der Waals surface area contributed by atoms with E-state index in [9.17, 15) is 9.90 Å². The maximum Gasteiger partial charge on any atom is 0.222 e. The fraction of sp³-hybridized carbons (Fsp3) is 0.850. The number of aliphatic hydroxyl groups is 1. The van der Waals surface area contributed by atoms with Gasteiger partial charge in [0.2, 0.25) is 5.91 Å². The van der Waals surface area contributed by atoms with E-state index in [4.69, 9.17) is 4.74 Å². The highest BCUT2D eigenvalue weighted by atomic mass is 16.5. The van der Waals surface area contributed by atoms with Crippen LogP contribution in [0.5, 0.6) is 0 Å². The molecular formula is C20H35N5O3. The summed E-state index contributed by atoms with van der Waals surface area (Å²) in [6.45, 7) is 7.66. The van der Waals surface area contributed by atoms with Crippen molar-refractivity contribution < 1.29 is 14.6 Å². The standard InChI is InChI=1S/C20H35N5O3/c1-15-10-24(16(2)13-26)20(27)5-4-8-25-18(9-21-22-25)14-28-19(15)12-23(3)11-17-6-7-17/h9,15-17,19,26H,4-8,10-14H2,1-3H3/t15-,16+,19-/m1/s1. The van der Waals surface area contributed by atoms with Crippen molar-refractivity contribution in [2.75, 3.05) is 33.3 Å². The molecule has 0 bridgehead atoms. The Morgan fingerprint density at radius 3 is 2.89 bits per heavy atom. The molecule has 1 N–H and O–H groups in total. The number of fused-ring (bicyclic) bond motifs is 1. The summed E-state index contributed by atoms with van der Waals surface area (Å²) in [5.74, 6) is 1.06. The second-order valence-corrected chi connectivity index (χ2v) is 8.62. The molecule has 0 spiro atoms. The SMILES string of the molecule is C[C@@H]1CN([C@@H](C)CO)C(=O)CCCn2nncc2CO[C@@H]1CN(C)CC1CC1. The Labute approximate surface area is 167 Å². The van der Waals surface area contributed by atoms with Gasteiger partial charge in [0.1, 0.15) is 0 Å². The predicted molar refractivity (Wildman–Crippen MR) is 105 cm³/mol. The molecule has 1 aromatic rings. The molecule has 3 atom stereocenters. The molecule has 28 heavy (non-hydrogen) atoms. The van der Waals surface area contributed by atoms with Crippen LogP contribution in [0.3, 0.4) is 0 Å². The molecule has 0 unspecified atom stereocenters. The average Bonchev–Trinajstić information content (AvgIpc) is 3.37. The lowest BCUT2D eigenvalue weighted by molar-refractivity contribution is -0.136. The summed E-state index contributed by atoms with van der Waals surface area (Å²) < 4.78 is 8.18. The van der Waals surface area contributed by atoms with E-state index in [0.29, 0.717) is 32.5 Å². The third kappa shape index (κ3) is 5.75. The largest absolute Gasteiger partial charge is 0.394 e. The fourth-order valence-electron chi connectivity index (χ4n) is 3.87. The van der Waals surface area contributed by atoms with Crippen molar-refractivity contribution in [2.45, 2.75) is 64.8 Å². The predicted octanol–water partition coefficient (Wildman–Crippen LogP) is 1.14. The first-order valence-electron chi connectivity index (χ1n) is 10.6. The molecule has 0 radical (unpaired) electrons. The van der Waals surface area contributed by atoms with Gasteiger partial charge in [0.25, 0.3) is 0 Å². The van der Waals surface area contributed by atoms with Crippen molar-refractivity contribution in [1.29, 1.82) is 0 Å². The van der Waals surface area contributed by atoms with Crippen molar-refractivity contribution in [3.63, 3.8) is 0 Å². The zero-order valence-corrected chi connectivity index (χ0v) is 17.5. The number of carbonyl (C=O) groups is 1. The molecule has 8 heteroatoms. The number of hydrogen-bond acceptors (Lipinski definition) is 6. The van der Waals surface area contributed by atoms with Gasteiger partial charge in [-0.1, -0.05) is 12.1 Å². The number of rotatable bonds is 6. The summed E-state index contributed by atoms with van der Waals surface area (Å²) in [7, 11) is 2.15. The molecule has 8 nitrogen and oxygen atoms in total. The Morgan fingerprint density at radius 2 is 2.18 bits per heavy atom. The number of aromatic nitrogens is 3. The molecular weight excluding hydrogens is 358 g/mol. The highest BCUT2D eigenvalue weighted by Crippen LogP contribution is 2.29. The van der Waals surface area contributed by atoms with Crippen molar-refractivity contribution in [3.8, 4) is 0 Å². The van der Waals surface area contributed by atoms with Gasteiger partial charge in [0.15, 0.2) is 0 Å². The minimum Gasteiger partial charge on any atom is -0.394 e. The Bertz CT molecular complexity index is 633. The molecule has 0 saturated heterocycles. The minimum absolute atomic E-state index is 0.00674. The van der Waals surface area contributed by atoms with Crippen LogP contribution in [0.4, 0.5) is 0 Å². The normalized spacial score (nSPS) is 25.9. The smallest absolute Gasteiger partial charge is 0.222 e. The van der Waals surface area contributed by atoms with Crippen LogP contribution in [0, 0.1) is 11.8 Å². The molecule has 0 aromatic carbocycles. The van der Waals surface area contributed by atoms with Gasteiger partial charge < -0.3 is 19.6 Å². The quantitative estimate of drug-likeness (QED) is 0.780. The monoisotopic (exact) mass is 393 g/mol. The van der Waals surface area contributed by atoms with Crippen molar-refractivity contribution in [1.82, 2.24) is 24.8 Å². The lowest BCUT2D eigenvalue weighted by atomic mass is 10.0. The van der Waals surface area contributed by atoms with E-state index in [1.807, 2.05) is 16.5 Å². The highest BCUT2D eigenvalue weighted by Gasteiger charge is 2.29. The van der Waals surface area contributed by atoms with Crippen molar-refractivity contribution in [2.24, 2.45) is 11.8 Å². The lowest BCUT2D eigenvalue weighted by Crippen LogP contribution is -2.47. The number of hydrogen-bond donors (Lipinski definition) is 1. The van der Waals surface area contributed by atoms with Gasteiger partial charge in [0.05, 0.1) is 37.3 Å². The maximum absolute atomic E-state index is 12.8. The minimum atomic E-state index is -0.190. The summed E-state index contributed by atoms with van der Waals surface area (Å²) >= 11 is 0. The van der Waals surface area contributed by atoms with Gasteiger partial charge in [-0.2, -0.15) is 0 Å². The second kappa shape index (κ2) is 9.80. The van der Waals surface area contributed by atoms with Gasteiger partial charge in [-0.15, -0.1) is 5.10 Å². The second-order valence-electron chi connectivity index (χ2n) is 8.62. The lowest BCUT2D eigenvalue weighted by Gasteiger charge is -2.35. The molecule has 1 saturated carbocycles. The molecule has 1 aromatic heterocycles. The number of ether oxygens (including phenoxy) is 1. The van der Waals surface area contributed by atoms with Crippen LogP contribution < -0.4 is 0 Å². The van der Waals surface area contributed by atoms with Crippen molar-refractivity contribution in [3.05, 3.63) is 11.9 Å². The number of likely N-dealkylation sites (N-methyl/N-ethyl adjacent to an activating group) is 1. The van der Waals surface area contributed by atoms with Crippen LogP contribution in [0.25, 0.3) is 0 Å². The van der Waals surface area contributed by atoms with E-state index in [-0.39, 0.29) is 30.6 Å². The van der Waals surface area contributed by atoms with Gasteiger partial charge in [-0.05, 0) is 39.2 Å². The molecule has 158 valence electrons. The van der Waals surface area contributed by atoms with Crippen molar-refractivity contribution >= 4 is 5.91 Å². The first kappa shape index (κ1) is 21.2. The van der Waals surface area contributed by atoms with Crippen LogP contribution in [0.2, 0.25) is 0 Å². The van der Waals surface area contributed by atoms with E-state index in [1.54, 1.807) is 6.20 Å². The molecule has 1 amide bonds. The van der Waals surface area contributed by atoms with Gasteiger partial charge in [-0.3, -0.25) is 4.79 Å². The average molecular weight is 394 g/mol. The summed E-state index contributed by atoms with van der Waals surface area (Å²) in [5.41, 5.74) is 0.954. The molecule has 3 rings (SSSR count). The van der Waals surface area contributed by atoms with Crippen LogP contribution in [0.15, 0.2) is 6.20 Å². The first-order valence-corrected chi connectivity index (χ1v) is 10.6. The van der Waals surface area contributed by atoms with Crippen LogP contribution in [-0.2, 0) is 22.7 Å². The Balaban J connectivity index is 1.75.